The zero-order chi connectivity index (χ0) is 15.0. The maximum atomic E-state index is 6.32. The van der Waals surface area contributed by atoms with Gasteiger partial charge in [0.15, 0.2) is 0 Å². The van der Waals surface area contributed by atoms with Crippen LogP contribution in [0, 0.1) is 5.92 Å². The molecule has 0 saturated carbocycles. The van der Waals surface area contributed by atoms with Gasteiger partial charge in [-0.2, -0.15) is 5.10 Å². The van der Waals surface area contributed by atoms with E-state index in [-0.39, 0.29) is 0 Å². The molecule has 108 valence electrons. The Labute approximate surface area is 129 Å². The van der Waals surface area contributed by atoms with E-state index in [1.54, 1.807) is 10.7 Å². The van der Waals surface area contributed by atoms with Crippen LogP contribution in [0.3, 0.4) is 0 Å². The van der Waals surface area contributed by atoms with Crippen LogP contribution in [0.25, 0.3) is 11.1 Å². The van der Waals surface area contributed by atoms with Gasteiger partial charge in [0.05, 0.1) is 10.7 Å². The van der Waals surface area contributed by atoms with Crippen molar-refractivity contribution < 1.29 is 0 Å². The number of hydrogen-bond donors (Lipinski definition) is 1. The molecule has 2 aromatic rings. The van der Waals surface area contributed by atoms with Gasteiger partial charge in [0.1, 0.15) is 5.82 Å². The van der Waals surface area contributed by atoms with Crippen LogP contribution in [0.1, 0.15) is 32.4 Å². The lowest BCUT2D eigenvalue weighted by Crippen LogP contribution is -2.05. The molecule has 0 fully saturated rings. The second-order valence-electron chi connectivity index (χ2n) is 5.43. The molecule has 2 N–H and O–H groups in total. The van der Waals surface area contributed by atoms with Crippen LogP contribution in [0.4, 0.5) is 5.82 Å². The Hall–Kier alpha value is -1.19. The Kier molecular flexibility index (Phi) is 4.31. The summed E-state index contributed by atoms with van der Waals surface area (Å²) in [7, 11) is 1.85. The smallest absolute Gasteiger partial charge is 0.129 e. The minimum atomic E-state index is 0.292. The number of halogens is 2. The van der Waals surface area contributed by atoms with Gasteiger partial charge in [0.2, 0.25) is 0 Å². The van der Waals surface area contributed by atoms with Crippen molar-refractivity contribution in [3.63, 3.8) is 0 Å². The summed E-state index contributed by atoms with van der Waals surface area (Å²) in [6.45, 7) is 6.49. The second kappa shape index (κ2) is 5.66. The minimum absolute atomic E-state index is 0.292. The molecule has 0 aliphatic rings. The van der Waals surface area contributed by atoms with E-state index in [0.29, 0.717) is 27.7 Å². The molecule has 0 aliphatic heterocycles. The molecule has 1 aromatic heterocycles. The lowest BCUT2D eigenvalue weighted by molar-refractivity contribution is 0.517. The first-order chi connectivity index (χ1) is 9.32. The first-order valence-electron chi connectivity index (χ1n) is 6.60. The summed E-state index contributed by atoms with van der Waals surface area (Å²) in [6, 6.07) is 5.45. The predicted octanol–water partition coefficient (Wildman–Crippen LogP) is 4.74. The zero-order valence-corrected chi connectivity index (χ0v) is 13.6. The first-order valence-corrected chi connectivity index (χ1v) is 7.36. The van der Waals surface area contributed by atoms with Gasteiger partial charge in [-0.3, -0.25) is 4.68 Å². The van der Waals surface area contributed by atoms with Crippen molar-refractivity contribution in [1.82, 2.24) is 9.78 Å². The molecule has 1 aromatic carbocycles. The maximum absolute atomic E-state index is 6.32. The summed E-state index contributed by atoms with van der Waals surface area (Å²) in [5, 5.41) is 5.77. The van der Waals surface area contributed by atoms with Crippen LogP contribution < -0.4 is 5.73 Å². The highest BCUT2D eigenvalue weighted by molar-refractivity contribution is 6.36. The van der Waals surface area contributed by atoms with Gasteiger partial charge in [-0.1, -0.05) is 50.0 Å². The standard InChI is InChI=1S/C15H19Cl2N3/c1-8(2)9(3)14-13(15(18)20(4)19-14)11-6-5-10(16)7-12(11)17/h5-9H,18H2,1-4H3. The molecule has 20 heavy (non-hydrogen) atoms. The van der Waals surface area contributed by atoms with E-state index in [1.807, 2.05) is 19.2 Å². The normalized spacial score (nSPS) is 12.9. The van der Waals surface area contributed by atoms with Crippen molar-refractivity contribution in [1.29, 1.82) is 0 Å². The highest BCUT2D eigenvalue weighted by Crippen LogP contribution is 2.40. The Morgan fingerprint density at radius 1 is 1.20 bits per heavy atom. The highest BCUT2D eigenvalue weighted by Gasteiger charge is 2.23. The highest BCUT2D eigenvalue weighted by atomic mass is 35.5. The van der Waals surface area contributed by atoms with Crippen LogP contribution in [0.2, 0.25) is 10.0 Å². The maximum Gasteiger partial charge on any atom is 0.129 e. The van der Waals surface area contributed by atoms with E-state index in [9.17, 15) is 0 Å². The largest absolute Gasteiger partial charge is 0.383 e. The molecular weight excluding hydrogens is 293 g/mol. The second-order valence-corrected chi connectivity index (χ2v) is 6.27. The molecule has 5 heteroatoms. The third kappa shape index (κ3) is 2.65. The summed E-state index contributed by atoms with van der Waals surface area (Å²) in [4.78, 5) is 0. The van der Waals surface area contributed by atoms with Gasteiger partial charge in [-0.05, 0) is 18.1 Å². The minimum Gasteiger partial charge on any atom is -0.383 e. The molecule has 1 unspecified atom stereocenters. The Morgan fingerprint density at radius 2 is 1.85 bits per heavy atom. The van der Waals surface area contributed by atoms with Crippen LogP contribution in [-0.4, -0.2) is 9.78 Å². The van der Waals surface area contributed by atoms with E-state index in [0.717, 1.165) is 16.8 Å². The van der Waals surface area contributed by atoms with Gasteiger partial charge in [0, 0.05) is 29.1 Å². The lowest BCUT2D eigenvalue weighted by Gasteiger charge is -2.15. The fraction of sp³-hybridized carbons (Fsp3) is 0.400. The molecule has 0 spiro atoms. The van der Waals surface area contributed by atoms with Crippen molar-refractivity contribution in [3.05, 3.63) is 33.9 Å². The average molecular weight is 312 g/mol. The van der Waals surface area contributed by atoms with E-state index in [1.165, 1.54) is 0 Å². The number of aromatic nitrogens is 2. The molecule has 0 radical (unpaired) electrons. The number of aryl methyl sites for hydroxylation is 1. The summed E-state index contributed by atoms with van der Waals surface area (Å²) in [5.41, 5.74) is 8.96. The molecule has 0 bridgehead atoms. The third-order valence-corrected chi connectivity index (χ3v) is 4.30. The van der Waals surface area contributed by atoms with Gasteiger partial charge < -0.3 is 5.73 Å². The topological polar surface area (TPSA) is 43.8 Å². The third-order valence-electron chi connectivity index (χ3n) is 3.75. The van der Waals surface area contributed by atoms with Crippen LogP contribution in [0.5, 0.6) is 0 Å². The van der Waals surface area contributed by atoms with E-state index in [2.05, 4.69) is 25.9 Å². The lowest BCUT2D eigenvalue weighted by atomic mass is 9.90. The quantitative estimate of drug-likeness (QED) is 0.890. The van der Waals surface area contributed by atoms with Gasteiger partial charge in [0.25, 0.3) is 0 Å². The molecule has 0 amide bonds. The number of rotatable bonds is 3. The number of nitrogens with zero attached hydrogens (tertiary/aromatic N) is 2. The number of anilines is 1. The van der Waals surface area contributed by atoms with Crippen molar-refractivity contribution in [2.75, 3.05) is 5.73 Å². The van der Waals surface area contributed by atoms with Gasteiger partial charge in [-0.15, -0.1) is 0 Å². The number of benzene rings is 1. The van der Waals surface area contributed by atoms with Gasteiger partial charge >= 0.3 is 0 Å². The number of nitrogen functional groups attached to an aromatic ring is 1. The molecule has 0 saturated heterocycles. The Bertz CT molecular complexity index is 632. The number of nitrogens with two attached hydrogens (primary N) is 1. The molecule has 1 heterocycles. The molecule has 2 rings (SSSR count). The van der Waals surface area contributed by atoms with Gasteiger partial charge in [-0.25, -0.2) is 0 Å². The van der Waals surface area contributed by atoms with Crippen molar-refractivity contribution in [3.8, 4) is 11.1 Å². The van der Waals surface area contributed by atoms with E-state index < -0.39 is 0 Å². The molecular formula is C15H19Cl2N3. The summed E-state index contributed by atoms with van der Waals surface area (Å²) >= 11 is 12.3. The predicted molar refractivity (Wildman–Crippen MR) is 86.3 cm³/mol. The van der Waals surface area contributed by atoms with Crippen molar-refractivity contribution in [2.24, 2.45) is 13.0 Å². The van der Waals surface area contributed by atoms with Crippen LogP contribution >= 0.6 is 23.2 Å². The zero-order valence-electron chi connectivity index (χ0n) is 12.1. The summed E-state index contributed by atoms with van der Waals surface area (Å²) < 4.78 is 1.70. The number of hydrogen-bond acceptors (Lipinski definition) is 2. The Morgan fingerprint density at radius 3 is 2.40 bits per heavy atom. The van der Waals surface area contributed by atoms with Crippen LogP contribution in [-0.2, 0) is 7.05 Å². The average Bonchev–Trinajstić information content (AvgIpc) is 2.65. The molecule has 1 atom stereocenters. The van der Waals surface area contributed by atoms with Crippen molar-refractivity contribution in [2.45, 2.75) is 26.7 Å². The van der Waals surface area contributed by atoms with E-state index >= 15 is 0 Å². The van der Waals surface area contributed by atoms with Crippen LogP contribution in [0.15, 0.2) is 18.2 Å². The monoisotopic (exact) mass is 311 g/mol. The Balaban J connectivity index is 2.66. The summed E-state index contributed by atoms with van der Waals surface area (Å²) in [5.74, 6) is 1.38. The first kappa shape index (κ1) is 15.2. The molecule has 3 nitrogen and oxygen atoms in total. The fourth-order valence-corrected chi connectivity index (χ4v) is 2.66. The van der Waals surface area contributed by atoms with E-state index in [4.69, 9.17) is 28.9 Å². The summed E-state index contributed by atoms with van der Waals surface area (Å²) in [6.07, 6.45) is 0. The SMILES string of the molecule is CC(C)C(C)c1nn(C)c(N)c1-c1ccc(Cl)cc1Cl. The van der Waals surface area contributed by atoms with Crippen molar-refractivity contribution >= 4 is 29.0 Å². The fourth-order valence-electron chi connectivity index (χ4n) is 2.16. The molecule has 0 aliphatic carbocycles.